The van der Waals surface area contributed by atoms with Crippen LogP contribution in [-0.4, -0.2) is 77.6 Å². The van der Waals surface area contributed by atoms with E-state index in [0.29, 0.717) is 17.9 Å². The third kappa shape index (κ3) is 11.3. The lowest BCUT2D eigenvalue weighted by Crippen LogP contribution is -2.14. The zero-order valence-corrected chi connectivity index (χ0v) is 30.2. The van der Waals surface area contributed by atoms with Crippen LogP contribution in [0.15, 0.2) is 84.9 Å². The maximum atomic E-state index is 12.9. The zero-order chi connectivity index (χ0) is 41.1. The van der Waals surface area contributed by atoms with Crippen molar-refractivity contribution in [3.8, 4) is 0 Å². The summed E-state index contributed by atoms with van der Waals surface area (Å²) >= 11 is 0. The lowest BCUT2D eigenvalue weighted by molar-refractivity contribution is 0.0676. The molecule has 0 radical (unpaired) electrons. The van der Waals surface area contributed by atoms with Crippen molar-refractivity contribution < 1.29 is 49.2 Å². The molecule has 9 N–H and O–H groups in total. The Labute approximate surface area is 324 Å². The summed E-state index contributed by atoms with van der Waals surface area (Å²) in [6.07, 6.45) is 4.05. The Morgan fingerprint density at radius 2 is 0.825 bits per heavy atom. The van der Waals surface area contributed by atoms with Crippen molar-refractivity contribution in [3.05, 3.63) is 118 Å². The van der Waals surface area contributed by atoms with Crippen molar-refractivity contribution >= 4 is 76.3 Å². The van der Waals surface area contributed by atoms with E-state index in [9.17, 15) is 49.2 Å². The Bertz CT molecular complexity index is 2120. The van der Waals surface area contributed by atoms with Gasteiger partial charge in [-0.1, -0.05) is 26.2 Å². The van der Waals surface area contributed by atoms with E-state index in [4.69, 9.17) is 0 Å². The first-order valence-corrected chi connectivity index (χ1v) is 17.4. The normalized spacial score (nSPS) is 10.5. The number of aromatic nitrogens is 3. The lowest BCUT2D eigenvalue weighted by atomic mass is 10.1. The van der Waals surface area contributed by atoms with Gasteiger partial charge in [-0.05, 0) is 91.3 Å². The van der Waals surface area contributed by atoms with Crippen LogP contribution in [0.4, 0.5) is 40.6 Å². The van der Waals surface area contributed by atoms with Crippen LogP contribution in [0.2, 0.25) is 0 Å². The fourth-order valence-electron chi connectivity index (χ4n) is 5.29. The number of nitrogens with one attached hydrogen (secondary N) is 5. The molecule has 0 bridgehead atoms. The van der Waals surface area contributed by atoms with Crippen LogP contribution in [0.5, 0.6) is 0 Å². The number of nitrogens with zero attached hydrogens (tertiary/aromatic N) is 3. The third-order valence-electron chi connectivity index (χ3n) is 8.12. The largest absolute Gasteiger partial charge is 0.478 e. The molecule has 5 aromatic rings. The SMILES string of the molecule is CCCCCCNc1nc(Nc2ccc(C(=O)Nc3cc(C(=O)O)cc(C(=O)O)c3)cc2)nc(Nc2ccc(C(=O)Nc3cc(C(=O)O)cc(C(=O)O)c3)cc2)n1. The molecule has 1 aromatic heterocycles. The van der Waals surface area contributed by atoms with Gasteiger partial charge in [-0.2, -0.15) is 15.0 Å². The molecular weight excluding hydrogens is 740 g/mol. The molecule has 0 aliphatic heterocycles. The molecule has 0 saturated heterocycles. The fourth-order valence-corrected chi connectivity index (χ4v) is 5.29. The number of aromatic carboxylic acids is 4. The van der Waals surface area contributed by atoms with Crippen molar-refractivity contribution in [3.63, 3.8) is 0 Å². The van der Waals surface area contributed by atoms with Gasteiger partial charge in [0.15, 0.2) is 0 Å². The number of carbonyl (C=O) groups excluding carboxylic acids is 2. The zero-order valence-electron chi connectivity index (χ0n) is 30.2. The van der Waals surface area contributed by atoms with Gasteiger partial charge >= 0.3 is 23.9 Å². The predicted molar refractivity (Wildman–Crippen MR) is 209 cm³/mol. The standard InChI is InChI=1S/C39H36N8O10/c1-2-3-4-5-14-40-37-45-38(43-27-10-6-21(7-11-27)31(48)41-29-17-23(33(50)51)15-24(18-29)34(52)53)47-39(46-37)44-28-12-8-22(9-13-28)32(49)42-30-19-25(35(54)55)16-26(20-30)36(56)57/h6-13,15-20H,2-5,14H2,1H3,(H,41,48)(H,42,49)(H,50,51)(H,52,53)(H,54,55)(H,56,57)(H3,40,43,44,45,46,47). The highest BCUT2D eigenvalue weighted by Gasteiger charge is 2.16. The first-order valence-electron chi connectivity index (χ1n) is 17.4. The molecule has 0 atom stereocenters. The van der Waals surface area contributed by atoms with Crippen molar-refractivity contribution in [1.82, 2.24) is 15.0 Å². The van der Waals surface area contributed by atoms with E-state index in [2.05, 4.69) is 48.5 Å². The number of anilines is 7. The molecule has 18 heteroatoms. The van der Waals surface area contributed by atoms with Crippen LogP contribution < -0.4 is 26.6 Å². The van der Waals surface area contributed by atoms with Crippen molar-refractivity contribution in [1.29, 1.82) is 0 Å². The average Bonchev–Trinajstić information content (AvgIpc) is 3.18. The minimum Gasteiger partial charge on any atom is -0.478 e. The number of amides is 2. The van der Waals surface area contributed by atoms with E-state index in [1.807, 2.05) is 0 Å². The second-order valence-electron chi connectivity index (χ2n) is 12.4. The predicted octanol–water partition coefficient (Wildman–Crippen LogP) is 6.65. The molecule has 57 heavy (non-hydrogen) atoms. The molecule has 2 amide bonds. The first-order chi connectivity index (χ1) is 27.3. The van der Waals surface area contributed by atoms with Crippen LogP contribution in [0, 0.1) is 0 Å². The first kappa shape index (κ1) is 40.3. The molecule has 0 unspecified atom stereocenters. The van der Waals surface area contributed by atoms with Gasteiger partial charge < -0.3 is 47.0 Å². The minimum atomic E-state index is -1.35. The molecule has 292 valence electrons. The van der Waals surface area contributed by atoms with Crippen molar-refractivity contribution in [2.24, 2.45) is 0 Å². The van der Waals surface area contributed by atoms with E-state index < -0.39 is 35.7 Å². The van der Waals surface area contributed by atoms with E-state index in [0.717, 1.165) is 62.1 Å². The number of rotatable bonds is 18. The van der Waals surface area contributed by atoms with Gasteiger partial charge in [0.25, 0.3) is 11.8 Å². The quantitative estimate of drug-likeness (QED) is 0.0421. The Morgan fingerprint density at radius 1 is 0.456 bits per heavy atom. The second-order valence-corrected chi connectivity index (χ2v) is 12.4. The van der Waals surface area contributed by atoms with Gasteiger partial charge in [0.1, 0.15) is 0 Å². The highest BCUT2D eigenvalue weighted by atomic mass is 16.4. The molecule has 18 nitrogen and oxygen atoms in total. The molecule has 0 fully saturated rings. The van der Waals surface area contributed by atoms with Gasteiger partial charge in [0.2, 0.25) is 17.8 Å². The summed E-state index contributed by atoms with van der Waals surface area (Å²) in [6.45, 7) is 2.71. The average molecular weight is 777 g/mol. The Balaban J connectivity index is 1.30. The molecule has 5 rings (SSSR count). The van der Waals surface area contributed by atoms with Crippen LogP contribution in [0.3, 0.4) is 0 Å². The monoisotopic (exact) mass is 776 g/mol. The Hall–Kier alpha value is -7.89. The molecule has 0 aliphatic carbocycles. The van der Waals surface area contributed by atoms with E-state index in [1.54, 1.807) is 24.3 Å². The Morgan fingerprint density at radius 3 is 1.18 bits per heavy atom. The Kier molecular flexibility index (Phi) is 13.0. The topological polar surface area (TPSA) is 282 Å². The van der Waals surface area contributed by atoms with Gasteiger partial charge in [0, 0.05) is 40.4 Å². The summed E-state index contributed by atoms with van der Waals surface area (Å²) in [7, 11) is 0. The molecule has 4 aromatic carbocycles. The van der Waals surface area contributed by atoms with Gasteiger partial charge in [0.05, 0.1) is 22.3 Å². The summed E-state index contributed by atoms with van der Waals surface area (Å²) in [5.41, 5.74) is 0.186. The van der Waals surface area contributed by atoms with Gasteiger partial charge in [-0.3, -0.25) is 9.59 Å². The maximum Gasteiger partial charge on any atom is 0.335 e. The summed E-state index contributed by atoms with van der Waals surface area (Å²) in [4.78, 5) is 85.1. The summed E-state index contributed by atoms with van der Waals surface area (Å²) in [5.74, 6) is -6.05. The number of benzene rings is 4. The summed E-state index contributed by atoms with van der Waals surface area (Å²) < 4.78 is 0. The molecule has 0 saturated carbocycles. The van der Waals surface area contributed by atoms with E-state index in [1.165, 1.54) is 24.3 Å². The lowest BCUT2D eigenvalue weighted by Gasteiger charge is -2.12. The smallest absolute Gasteiger partial charge is 0.335 e. The van der Waals surface area contributed by atoms with Crippen LogP contribution in [-0.2, 0) is 0 Å². The van der Waals surface area contributed by atoms with Crippen LogP contribution >= 0.6 is 0 Å². The number of hydrogen-bond donors (Lipinski definition) is 9. The molecule has 0 aliphatic rings. The minimum absolute atomic E-state index is 0.00306. The number of carboxylic acid groups (broad SMARTS) is 4. The highest BCUT2D eigenvalue weighted by molar-refractivity contribution is 6.07. The molecular formula is C39H36N8O10. The van der Waals surface area contributed by atoms with Crippen LogP contribution in [0.25, 0.3) is 0 Å². The number of hydrogen-bond acceptors (Lipinski definition) is 12. The maximum absolute atomic E-state index is 12.9. The van der Waals surface area contributed by atoms with E-state index in [-0.39, 0.29) is 62.6 Å². The summed E-state index contributed by atoms with van der Waals surface area (Å²) in [6, 6.07) is 18.9. The second kappa shape index (κ2) is 18.4. The number of carboxylic acids is 4. The van der Waals surface area contributed by atoms with Crippen molar-refractivity contribution in [2.45, 2.75) is 32.6 Å². The molecule has 1 heterocycles. The molecule has 0 spiro atoms. The van der Waals surface area contributed by atoms with E-state index >= 15 is 0 Å². The number of unbranched alkanes of at least 4 members (excludes halogenated alkanes) is 3. The van der Waals surface area contributed by atoms with Crippen molar-refractivity contribution in [2.75, 3.05) is 33.1 Å². The summed E-state index contributed by atoms with van der Waals surface area (Å²) in [5, 5.41) is 51.7. The van der Waals surface area contributed by atoms with Gasteiger partial charge in [-0.25, -0.2) is 19.2 Å². The van der Waals surface area contributed by atoms with Crippen LogP contribution in [0.1, 0.15) is 94.8 Å². The van der Waals surface area contributed by atoms with Gasteiger partial charge in [-0.15, -0.1) is 0 Å². The highest BCUT2D eigenvalue weighted by Crippen LogP contribution is 2.23. The third-order valence-corrected chi connectivity index (χ3v) is 8.12. The number of carbonyl (C=O) groups is 6. The fraction of sp³-hybridized carbons (Fsp3) is 0.154.